The van der Waals surface area contributed by atoms with Gasteiger partial charge < -0.3 is 10.1 Å². The molecule has 0 radical (unpaired) electrons. The highest BCUT2D eigenvalue weighted by Crippen LogP contribution is 2.38. The Kier molecular flexibility index (Phi) is 2.69. The summed E-state index contributed by atoms with van der Waals surface area (Å²) >= 11 is 1.98. The van der Waals surface area contributed by atoms with E-state index in [1.165, 1.54) is 16.2 Å². The van der Waals surface area contributed by atoms with Crippen molar-refractivity contribution in [1.29, 1.82) is 0 Å². The summed E-state index contributed by atoms with van der Waals surface area (Å²) in [4.78, 5) is 1.47. The summed E-state index contributed by atoms with van der Waals surface area (Å²) in [5, 5.41) is 3.56. The molecule has 0 bridgehead atoms. The van der Waals surface area contributed by atoms with Crippen molar-refractivity contribution in [2.75, 3.05) is 25.5 Å². The van der Waals surface area contributed by atoms with Gasteiger partial charge in [-0.1, -0.05) is 18.2 Å². The molecule has 1 N–H and O–H groups in total. The molecule has 3 rings (SSSR count). The minimum absolute atomic E-state index is 0.600. The maximum absolute atomic E-state index is 5.15. The topological polar surface area (TPSA) is 21.3 Å². The highest BCUT2D eigenvalue weighted by atomic mass is 32.2. The van der Waals surface area contributed by atoms with Crippen molar-refractivity contribution in [3.05, 3.63) is 29.8 Å². The SMILES string of the molecule is c1ccc2c(c1)SCC2CNC1COC1. The van der Waals surface area contributed by atoms with Crippen molar-refractivity contribution in [2.24, 2.45) is 0 Å². The molecule has 0 saturated carbocycles. The lowest BCUT2D eigenvalue weighted by Gasteiger charge is -2.28. The van der Waals surface area contributed by atoms with Crippen LogP contribution in [0.15, 0.2) is 29.2 Å². The van der Waals surface area contributed by atoms with E-state index < -0.39 is 0 Å². The summed E-state index contributed by atoms with van der Waals surface area (Å²) in [5.74, 6) is 1.91. The van der Waals surface area contributed by atoms with E-state index >= 15 is 0 Å². The quantitative estimate of drug-likeness (QED) is 0.842. The molecule has 2 aliphatic heterocycles. The molecule has 1 aromatic carbocycles. The predicted molar refractivity (Wildman–Crippen MR) is 62.5 cm³/mol. The van der Waals surface area contributed by atoms with Gasteiger partial charge in [-0.3, -0.25) is 0 Å². The van der Waals surface area contributed by atoms with Gasteiger partial charge in [0.1, 0.15) is 0 Å². The number of ether oxygens (including phenoxy) is 1. The monoisotopic (exact) mass is 221 g/mol. The summed E-state index contributed by atoms with van der Waals surface area (Å²) in [6, 6.07) is 9.36. The van der Waals surface area contributed by atoms with Crippen LogP contribution in [0.25, 0.3) is 0 Å². The van der Waals surface area contributed by atoms with E-state index in [2.05, 4.69) is 29.6 Å². The van der Waals surface area contributed by atoms with E-state index in [0.29, 0.717) is 12.0 Å². The summed E-state index contributed by atoms with van der Waals surface area (Å²) < 4.78 is 5.15. The molecule has 1 unspecified atom stereocenters. The van der Waals surface area contributed by atoms with Gasteiger partial charge >= 0.3 is 0 Å². The van der Waals surface area contributed by atoms with Gasteiger partial charge in [0.25, 0.3) is 0 Å². The Labute approximate surface area is 94.4 Å². The molecule has 1 atom stereocenters. The number of fused-ring (bicyclic) bond motifs is 1. The smallest absolute Gasteiger partial charge is 0.0643 e. The van der Waals surface area contributed by atoms with E-state index in [9.17, 15) is 0 Å². The third-order valence-corrected chi connectivity index (χ3v) is 4.34. The molecular formula is C12H15NOS. The van der Waals surface area contributed by atoms with Crippen molar-refractivity contribution in [3.8, 4) is 0 Å². The Bertz CT molecular complexity index is 351. The number of rotatable bonds is 3. The van der Waals surface area contributed by atoms with E-state index in [-0.39, 0.29) is 0 Å². The molecule has 0 spiro atoms. The number of hydrogen-bond acceptors (Lipinski definition) is 3. The van der Waals surface area contributed by atoms with Crippen LogP contribution < -0.4 is 5.32 Å². The number of hydrogen-bond donors (Lipinski definition) is 1. The maximum atomic E-state index is 5.15. The molecule has 1 saturated heterocycles. The third-order valence-electron chi connectivity index (χ3n) is 3.09. The predicted octanol–water partition coefficient (Wildman–Crippen LogP) is 1.86. The van der Waals surface area contributed by atoms with E-state index in [1.54, 1.807) is 0 Å². The lowest BCUT2D eigenvalue weighted by molar-refractivity contribution is -0.00525. The van der Waals surface area contributed by atoms with E-state index in [0.717, 1.165) is 19.8 Å². The lowest BCUT2D eigenvalue weighted by atomic mass is 10.0. The van der Waals surface area contributed by atoms with Gasteiger partial charge in [-0.05, 0) is 11.6 Å². The van der Waals surface area contributed by atoms with Crippen LogP contribution in [-0.4, -0.2) is 31.6 Å². The van der Waals surface area contributed by atoms with Crippen molar-refractivity contribution >= 4 is 11.8 Å². The highest BCUT2D eigenvalue weighted by molar-refractivity contribution is 7.99. The lowest BCUT2D eigenvalue weighted by Crippen LogP contribution is -2.47. The van der Waals surface area contributed by atoms with Gasteiger partial charge in [0, 0.05) is 23.1 Å². The zero-order chi connectivity index (χ0) is 10.1. The van der Waals surface area contributed by atoms with Crippen LogP contribution in [0.1, 0.15) is 11.5 Å². The van der Waals surface area contributed by atoms with Gasteiger partial charge in [0.2, 0.25) is 0 Å². The average molecular weight is 221 g/mol. The zero-order valence-electron chi connectivity index (χ0n) is 8.61. The molecule has 1 aromatic rings. The fourth-order valence-corrected chi connectivity index (χ4v) is 3.32. The number of nitrogens with one attached hydrogen (secondary N) is 1. The summed E-state index contributed by atoms with van der Waals surface area (Å²) in [6.45, 7) is 2.88. The molecule has 2 heterocycles. The Morgan fingerprint density at radius 2 is 2.20 bits per heavy atom. The fraction of sp³-hybridized carbons (Fsp3) is 0.500. The van der Waals surface area contributed by atoms with Crippen LogP contribution >= 0.6 is 11.8 Å². The first-order valence-electron chi connectivity index (χ1n) is 5.46. The average Bonchev–Trinajstić information content (AvgIpc) is 2.60. The van der Waals surface area contributed by atoms with Gasteiger partial charge in [0.15, 0.2) is 0 Å². The Morgan fingerprint density at radius 1 is 1.33 bits per heavy atom. The number of thioether (sulfide) groups is 1. The summed E-state index contributed by atoms with van der Waals surface area (Å²) in [5.41, 5.74) is 1.52. The first kappa shape index (κ1) is 9.70. The van der Waals surface area contributed by atoms with Crippen LogP contribution in [-0.2, 0) is 4.74 Å². The van der Waals surface area contributed by atoms with E-state index in [4.69, 9.17) is 4.74 Å². The molecule has 15 heavy (non-hydrogen) atoms. The normalized spacial score (nSPS) is 24.9. The second-order valence-corrected chi connectivity index (χ2v) is 5.25. The largest absolute Gasteiger partial charge is 0.378 e. The molecule has 0 aromatic heterocycles. The van der Waals surface area contributed by atoms with Crippen molar-refractivity contribution in [3.63, 3.8) is 0 Å². The minimum atomic E-state index is 0.600. The van der Waals surface area contributed by atoms with Crippen LogP contribution in [0, 0.1) is 0 Å². The van der Waals surface area contributed by atoms with Crippen LogP contribution in [0.4, 0.5) is 0 Å². The van der Waals surface area contributed by atoms with Crippen LogP contribution in [0.3, 0.4) is 0 Å². The molecule has 3 heteroatoms. The first-order valence-corrected chi connectivity index (χ1v) is 6.45. The standard InChI is InChI=1S/C12H15NOS/c1-2-4-12-11(3-1)9(8-15-12)5-13-10-6-14-7-10/h1-4,9-10,13H,5-8H2. The fourth-order valence-electron chi connectivity index (χ4n) is 2.06. The number of benzene rings is 1. The molecule has 2 nitrogen and oxygen atoms in total. The molecule has 0 aliphatic carbocycles. The van der Waals surface area contributed by atoms with Gasteiger partial charge in [-0.15, -0.1) is 11.8 Å². The minimum Gasteiger partial charge on any atom is -0.378 e. The summed E-state index contributed by atoms with van der Waals surface area (Å²) in [6.07, 6.45) is 0. The van der Waals surface area contributed by atoms with Crippen LogP contribution in [0.5, 0.6) is 0 Å². The van der Waals surface area contributed by atoms with Crippen molar-refractivity contribution < 1.29 is 4.74 Å². The maximum Gasteiger partial charge on any atom is 0.0643 e. The van der Waals surface area contributed by atoms with Gasteiger partial charge in [-0.25, -0.2) is 0 Å². The zero-order valence-corrected chi connectivity index (χ0v) is 9.43. The second kappa shape index (κ2) is 4.16. The molecule has 1 fully saturated rings. The molecular weight excluding hydrogens is 206 g/mol. The van der Waals surface area contributed by atoms with Gasteiger partial charge in [-0.2, -0.15) is 0 Å². The van der Waals surface area contributed by atoms with Crippen molar-refractivity contribution in [1.82, 2.24) is 5.32 Å². The van der Waals surface area contributed by atoms with Crippen molar-refractivity contribution in [2.45, 2.75) is 16.9 Å². The second-order valence-electron chi connectivity index (χ2n) is 4.19. The van der Waals surface area contributed by atoms with E-state index in [1.807, 2.05) is 11.8 Å². The highest BCUT2D eigenvalue weighted by Gasteiger charge is 2.25. The molecule has 2 aliphatic rings. The Morgan fingerprint density at radius 3 is 3.00 bits per heavy atom. The Balaban J connectivity index is 1.63. The third kappa shape index (κ3) is 1.92. The Hall–Kier alpha value is -0.510. The summed E-state index contributed by atoms with van der Waals surface area (Å²) in [7, 11) is 0. The molecule has 0 amide bonds. The van der Waals surface area contributed by atoms with Gasteiger partial charge in [0.05, 0.1) is 19.3 Å². The first-order chi connectivity index (χ1) is 7.43. The van der Waals surface area contributed by atoms with Crippen LogP contribution in [0.2, 0.25) is 0 Å². The molecule has 80 valence electrons.